The van der Waals surface area contributed by atoms with Crippen LogP contribution in [0.4, 0.5) is 5.69 Å². The standard InChI is InChI=1S/C18H17NO6/c1-11(25-18(22)12-2-5-14(20)6-3-12)17(21)19-13-4-7-15-16(10-13)24-9-8-23-15/h2-7,10-11,20H,8-9H2,1H3,(H,19,21)/t11-/m0/s1. The third-order valence-corrected chi connectivity index (χ3v) is 3.57. The van der Waals surface area contributed by atoms with Crippen molar-refractivity contribution in [3.63, 3.8) is 0 Å². The molecule has 7 nitrogen and oxygen atoms in total. The molecule has 1 atom stereocenters. The average molecular weight is 343 g/mol. The topological polar surface area (TPSA) is 94.1 Å². The first-order valence-corrected chi connectivity index (χ1v) is 7.73. The van der Waals surface area contributed by atoms with E-state index < -0.39 is 18.0 Å². The van der Waals surface area contributed by atoms with E-state index >= 15 is 0 Å². The number of carbonyl (C=O) groups excluding carboxylic acids is 2. The monoisotopic (exact) mass is 343 g/mol. The Bertz CT molecular complexity index is 787. The summed E-state index contributed by atoms with van der Waals surface area (Å²) in [6, 6.07) is 10.6. The Morgan fingerprint density at radius 2 is 1.76 bits per heavy atom. The SMILES string of the molecule is C[C@H](OC(=O)c1ccc(O)cc1)C(=O)Nc1ccc2c(c1)OCCO2. The van der Waals surface area contributed by atoms with Crippen LogP contribution in [0.25, 0.3) is 0 Å². The van der Waals surface area contributed by atoms with Crippen LogP contribution >= 0.6 is 0 Å². The molecule has 25 heavy (non-hydrogen) atoms. The lowest BCUT2D eigenvalue weighted by atomic mass is 10.2. The molecule has 0 unspecified atom stereocenters. The summed E-state index contributed by atoms with van der Waals surface area (Å²) in [5.41, 5.74) is 0.763. The van der Waals surface area contributed by atoms with Gasteiger partial charge in [0.05, 0.1) is 5.56 Å². The molecule has 0 fully saturated rings. The lowest BCUT2D eigenvalue weighted by Gasteiger charge is -2.19. The molecular formula is C18H17NO6. The van der Waals surface area contributed by atoms with E-state index in [2.05, 4.69) is 5.32 Å². The van der Waals surface area contributed by atoms with Gasteiger partial charge in [-0.25, -0.2) is 4.79 Å². The molecule has 7 heteroatoms. The maximum Gasteiger partial charge on any atom is 0.338 e. The van der Waals surface area contributed by atoms with Crippen molar-refractivity contribution in [3.8, 4) is 17.2 Å². The van der Waals surface area contributed by atoms with Crippen molar-refractivity contribution < 1.29 is 28.9 Å². The van der Waals surface area contributed by atoms with Crippen molar-refractivity contribution in [1.82, 2.24) is 0 Å². The highest BCUT2D eigenvalue weighted by Crippen LogP contribution is 2.32. The Labute approximate surface area is 144 Å². The molecule has 0 radical (unpaired) electrons. The van der Waals surface area contributed by atoms with E-state index in [0.29, 0.717) is 30.4 Å². The second kappa shape index (κ2) is 7.12. The van der Waals surface area contributed by atoms with E-state index in [-0.39, 0.29) is 11.3 Å². The molecule has 0 aromatic heterocycles. The Kier molecular flexibility index (Phi) is 4.74. The van der Waals surface area contributed by atoms with Gasteiger partial charge in [-0.15, -0.1) is 0 Å². The molecule has 2 aromatic carbocycles. The number of anilines is 1. The predicted molar refractivity (Wildman–Crippen MR) is 89.0 cm³/mol. The summed E-state index contributed by atoms with van der Waals surface area (Å²) in [5.74, 6) is 0.100. The number of esters is 1. The fraction of sp³-hybridized carbons (Fsp3) is 0.222. The summed E-state index contributed by atoms with van der Waals surface area (Å²) in [5, 5.41) is 11.9. The number of phenolic OH excluding ortho intramolecular Hbond substituents is 1. The van der Waals surface area contributed by atoms with Gasteiger partial charge < -0.3 is 24.6 Å². The number of nitrogens with one attached hydrogen (secondary N) is 1. The number of hydrogen-bond donors (Lipinski definition) is 2. The number of phenols is 1. The van der Waals surface area contributed by atoms with Crippen LogP contribution in [0, 0.1) is 0 Å². The molecule has 1 amide bonds. The van der Waals surface area contributed by atoms with Crippen LogP contribution in [0.3, 0.4) is 0 Å². The fourth-order valence-electron chi connectivity index (χ4n) is 2.24. The second-order valence-corrected chi connectivity index (χ2v) is 5.44. The number of aromatic hydroxyl groups is 1. The van der Waals surface area contributed by atoms with Gasteiger partial charge in [0.15, 0.2) is 17.6 Å². The predicted octanol–water partition coefficient (Wildman–Crippen LogP) is 2.35. The normalized spacial score (nSPS) is 13.6. The molecule has 3 rings (SSSR count). The van der Waals surface area contributed by atoms with Gasteiger partial charge in [0.1, 0.15) is 19.0 Å². The van der Waals surface area contributed by atoms with Gasteiger partial charge in [0.2, 0.25) is 0 Å². The quantitative estimate of drug-likeness (QED) is 0.828. The zero-order valence-electron chi connectivity index (χ0n) is 13.5. The smallest absolute Gasteiger partial charge is 0.338 e. The molecule has 1 aliphatic heterocycles. The maximum atomic E-state index is 12.2. The molecule has 2 N–H and O–H groups in total. The van der Waals surface area contributed by atoms with Crippen LogP contribution in [-0.4, -0.2) is 36.3 Å². The second-order valence-electron chi connectivity index (χ2n) is 5.44. The lowest BCUT2D eigenvalue weighted by molar-refractivity contribution is -0.123. The minimum atomic E-state index is -0.991. The first kappa shape index (κ1) is 16.6. The van der Waals surface area contributed by atoms with Crippen molar-refractivity contribution in [2.75, 3.05) is 18.5 Å². The first-order chi connectivity index (χ1) is 12.0. The van der Waals surface area contributed by atoms with Gasteiger partial charge in [0, 0.05) is 11.8 Å². The van der Waals surface area contributed by atoms with E-state index in [0.717, 1.165) is 0 Å². The van der Waals surface area contributed by atoms with Gasteiger partial charge in [-0.1, -0.05) is 0 Å². The van der Waals surface area contributed by atoms with Crippen molar-refractivity contribution in [2.24, 2.45) is 0 Å². The molecule has 130 valence electrons. The van der Waals surface area contributed by atoms with Crippen LogP contribution in [0.2, 0.25) is 0 Å². The molecule has 0 bridgehead atoms. The number of benzene rings is 2. The summed E-state index contributed by atoms with van der Waals surface area (Å²) in [7, 11) is 0. The van der Waals surface area contributed by atoms with Crippen molar-refractivity contribution >= 4 is 17.6 Å². The summed E-state index contributed by atoms with van der Waals surface area (Å²) in [6.45, 7) is 2.42. The Hall–Kier alpha value is -3.22. The summed E-state index contributed by atoms with van der Waals surface area (Å²) >= 11 is 0. The maximum absolute atomic E-state index is 12.2. The molecule has 2 aromatic rings. The third kappa shape index (κ3) is 4.00. The van der Waals surface area contributed by atoms with Gasteiger partial charge in [0.25, 0.3) is 5.91 Å². The molecule has 1 aliphatic rings. The molecule has 0 saturated carbocycles. The number of carbonyl (C=O) groups is 2. The van der Waals surface area contributed by atoms with Gasteiger partial charge in [-0.2, -0.15) is 0 Å². The summed E-state index contributed by atoms with van der Waals surface area (Å²) < 4.78 is 16.0. The minimum Gasteiger partial charge on any atom is -0.508 e. The third-order valence-electron chi connectivity index (χ3n) is 3.57. The summed E-state index contributed by atoms with van der Waals surface area (Å²) in [6.07, 6.45) is -0.991. The van der Waals surface area contributed by atoms with Crippen LogP contribution in [0.5, 0.6) is 17.2 Å². The van der Waals surface area contributed by atoms with Gasteiger partial charge in [-0.3, -0.25) is 4.79 Å². The van der Waals surface area contributed by atoms with Crippen molar-refractivity contribution in [1.29, 1.82) is 0 Å². The van der Waals surface area contributed by atoms with Crippen molar-refractivity contribution in [2.45, 2.75) is 13.0 Å². The first-order valence-electron chi connectivity index (χ1n) is 7.73. The highest BCUT2D eigenvalue weighted by molar-refractivity contribution is 5.97. The largest absolute Gasteiger partial charge is 0.508 e. The number of rotatable bonds is 4. The number of amides is 1. The van der Waals surface area contributed by atoms with Gasteiger partial charge >= 0.3 is 5.97 Å². The average Bonchev–Trinajstić information content (AvgIpc) is 2.62. The number of ether oxygens (including phenoxy) is 3. The number of fused-ring (bicyclic) bond motifs is 1. The van der Waals surface area contributed by atoms with Crippen LogP contribution in [0.1, 0.15) is 17.3 Å². The zero-order valence-corrected chi connectivity index (χ0v) is 13.5. The molecule has 0 saturated heterocycles. The highest BCUT2D eigenvalue weighted by Gasteiger charge is 2.20. The molecule has 0 aliphatic carbocycles. The molecular weight excluding hydrogens is 326 g/mol. The van der Waals surface area contributed by atoms with E-state index in [1.165, 1.54) is 31.2 Å². The Morgan fingerprint density at radius 3 is 2.48 bits per heavy atom. The van der Waals surface area contributed by atoms with E-state index in [1.54, 1.807) is 18.2 Å². The van der Waals surface area contributed by atoms with E-state index in [4.69, 9.17) is 14.2 Å². The van der Waals surface area contributed by atoms with Crippen LogP contribution in [-0.2, 0) is 9.53 Å². The van der Waals surface area contributed by atoms with Gasteiger partial charge in [-0.05, 0) is 43.3 Å². The van der Waals surface area contributed by atoms with Crippen molar-refractivity contribution in [3.05, 3.63) is 48.0 Å². The van der Waals surface area contributed by atoms with E-state index in [1.807, 2.05) is 0 Å². The van der Waals surface area contributed by atoms with Crippen LogP contribution in [0.15, 0.2) is 42.5 Å². The minimum absolute atomic E-state index is 0.0425. The summed E-state index contributed by atoms with van der Waals surface area (Å²) in [4.78, 5) is 24.2. The lowest BCUT2D eigenvalue weighted by Crippen LogP contribution is -2.30. The fourth-order valence-corrected chi connectivity index (χ4v) is 2.24. The zero-order chi connectivity index (χ0) is 17.8. The molecule has 0 spiro atoms. The highest BCUT2D eigenvalue weighted by atomic mass is 16.6. The van der Waals surface area contributed by atoms with Crippen LogP contribution < -0.4 is 14.8 Å². The Morgan fingerprint density at radius 1 is 1.08 bits per heavy atom. The Balaban J connectivity index is 1.60. The van der Waals surface area contributed by atoms with E-state index in [9.17, 15) is 14.7 Å². The number of hydrogen-bond acceptors (Lipinski definition) is 6. The molecule has 1 heterocycles.